The van der Waals surface area contributed by atoms with Crippen LogP contribution < -0.4 is 16.0 Å². The van der Waals surface area contributed by atoms with Gasteiger partial charge in [0.05, 0.1) is 33.6 Å². The number of hydrogen-bond donors (Lipinski definition) is 3. The van der Waals surface area contributed by atoms with Crippen LogP contribution in [-0.2, 0) is 16.0 Å². The Morgan fingerprint density at radius 3 is 2.17 bits per heavy atom. The van der Waals surface area contributed by atoms with E-state index in [1.807, 2.05) is 19.9 Å². The molecule has 0 saturated carbocycles. The van der Waals surface area contributed by atoms with Crippen molar-refractivity contribution in [2.24, 2.45) is 22.1 Å². The van der Waals surface area contributed by atoms with Gasteiger partial charge < -0.3 is 9.84 Å². The molecule has 314 valence electrons. The molecule has 3 N–H and O–H groups in total. The Balaban J connectivity index is 1.59. The van der Waals surface area contributed by atoms with Gasteiger partial charge in [0.25, 0.3) is 0 Å². The number of ether oxygens (including phenoxy) is 1. The number of alkyl halides is 1. The van der Waals surface area contributed by atoms with Crippen LogP contribution >= 0.6 is 34.8 Å². The summed E-state index contributed by atoms with van der Waals surface area (Å²) >= 11 is 19.5. The van der Waals surface area contributed by atoms with Crippen LogP contribution in [0.15, 0.2) is 75.7 Å². The number of hydrogen-bond acceptors (Lipinski definition) is 8. The van der Waals surface area contributed by atoms with Crippen molar-refractivity contribution in [1.29, 1.82) is 0 Å². The number of carbonyl (C=O) groups is 2. The Kier molecular flexibility index (Phi) is 18.6. The maximum atomic E-state index is 14.3. The topological polar surface area (TPSA) is 141 Å². The SMILES string of the molecule is CCOC(=O)c1cc(Cl)c(-n2[nH]c(N(NC(=O)CCCCCCCCCC(C)CCC(C)Cl)c3ccccc3)c(N=Nc3ccc(O)c(CC(C)C)c3)c2=O)c(Cl)c1. The number of aromatic amines is 1. The molecule has 0 radical (unpaired) electrons. The van der Waals surface area contributed by atoms with E-state index in [1.165, 1.54) is 55.3 Å². The summed E-state index contributed by atoms with van der Waals surface area (Å²) in [4.78, 5) is 40.4. The number of hydrazine groups is 1. The summed E-state index contributed by atoms with van der Waals surface area (Å²) in [6, 6.07) is 16.6. The molecule has 1 heterocycles. The van der Waals surface area contributed by atoms with Crippen LogP contribution in [0.2, 0.25) is 10.0 Å². The Labute approximate surface area is 357 Å². The summed E-state index contributed by atoms with van der Waals surface area (Å²) < 4.78 is 6.22. The zero-order valence-electron chi connectivity index (χ0n) is 34.2. The van der Waals surface area contributed by atoms with Gasteiger partial charge in [-0.1, -0.05) is 107 Å². The fourth-order valence-electron chi connectivity index (χ4n) is 6.60. The molecule has 1 aromatic heterocycles. The molecule has 0 fully saturated rings. The van der Waals surface area contributed by atoms with Crippen molar-refractivity contribution in [2.75, 3.05) is 11.6 Å². The quantitative estimate of drug-likeness (QED) is 0.0223. The molecule has 11 nitrogen and oxygen atoms in total. The van der Waals surface area contributed by atoms with Crippen LogP contribution in [0.1, 0.15) is 121 Å². The molecule has 0 saturated heterocycles. The maximum Gasteiger partial charge on any atom is 0.338 e. The highest BCUT2D eigenvalue weighted by Crippen LogP contribution is 2.35. The van der Waals surface area contributed by atoms with Gasteiger partial charge in [0.15, 0.2) is 11.5 Å². The number of anilines is 2. The summed E-state index contributed by atoms with van der Waals surface area (Å²) in [6.45, 7) is 10.3. The number of carbonyl (C=O) groups excluding carboxylic acids is 2. The summed E-state index contributed by atoms with van der Waals surface area (Å²) in [6.07, 6.45) is 11.7. The van der Waals surface area contributed by atoms with Gasteiger partial charge in [0.1, 0.15) is 11.4 Å². The first kappa shape index (κ1) is 46.4. The first-order valence-corrected chi connectivity index (χ1v) is 21.5. The van der Waals surface area contributed by atoms with Gasteiger partial charge in [-0.3, -0.25) is 20.1 Å². The lowest BCUT2D eigenvalue weighted by Gasteiger charge is -2.24. The second-order valence-electron chi connectivity index (χ2n) is 15.3. The number of para-hydroxylation sites is 1. The van der Waals surface area contributed by atoms with Gasteiger partial charge >= 0.3 is 11.5 Å². The van der Waals surface area contributed by atoms with Crippen LogP contribution in [0.3, 0.4) is 0 Å². The number of unbranched alkanes of at least 4 members (excludes halogenated alkanes) is 6. The van der Waals surface area contributed by atoms with Gasteiger partial charge in [-0.2, -0.15) is 5.11 Å². The number of phenolic OH excluding ortho intramolecular Hbond substituents is 1. The summed E-state index contributed by atoms with van der Waals surface area (Å²) in [5, 5.41) is 24.0. The van der Waals surface area contributed by atoms with Crippen LogP contribution in [-0.4, -0.2) is 38.7 Å². The average Bonchev–Trinajstić information content (AvgIpc) is 3.49. The highest BCUT2D eigenvalue weighted by atomic mass is 35.5. The normalized spacial score (nSPS) is 12.6. The van der Waals surface area contributed by atoms with E-state index in [0.29, 0.717) is 35.7 Å². The fourth-order valence-corrected chi connectivity index (χ4v) is 7.39. The Morgan fingerprint density at radius 1 is 0.879 bits per heavy atom. The van der Waals surface area contributed by atoms with Crippen molar-refractivity contribution in [2.45, 2.75) is 117 Å². The average molecular weight is 856 g/mol. The molecule has 3 aromatic carbocycles. The van der Waals surface area contributed by atoms with Crippen molar-refractivity contribution in [3.8, 4) is 11.4 Å². The zero-order valence-corrected chi connectivity index (χ0v) is 36.5. The largest absolute Gasteiger partial charge is 0.508 e. The molecule has 0 spiro atoms. The number of nitrogens with one attached hydrogen (secondary N) is 2. The number of amides is 1. The maximum absolute atomic E-state index is 14.3. The van der Waals surface area contributed by atoms with Crippen LogP contribution in [0.4, 0.5) is 22.9 Å². The molecule has 1 amide bonds. The standard InChI is InChI=1S/C44H57Cl3N6O5/c1-6-58-44(57)33-27-36(46)41(37(47)28-33)53-43(56)40(49-48-34-23-24-38(54)32(26-34)25-29(2)3)42(51-53)52(35-18-14-12-15-19-35)50-39(55)20-16-11-9-7-8-10-13-17-30(4)21-22-31(5)45/h12,14-15,18-19,23-24,26-31,51,54H,6-11,13,16-17,20-22,25H2,1-5H3,(H,50,55). The van der Waals surface area contributed by atoms with Crippen molar-refractivity contribution in [1.82, 2.24) is 15.2 Å². The molecule has 2 unspecified atom stereocenters. The first-order valence-electron chi connectivity index (χ1n) is 20.3. The van der Waals surface area contributed by atoms with Gasteiger partial charge in [-0.25, -0.2) is 14.5 Å². The number of halogens is 3. The zero-order chi connectivity index (χ0) is 42.2. The van der Waals surface area contributed by atoms with Gasteiger partial charge in [-0.05, 0) is 99.4 Å². The molecule has 2 atom stereocenters. The van der Waals surface area contributed by atoms with E-state index in [-0.39, 0.29) is 68.8 Å². The lowest BCUT2D eigenvalue weighted by atomic mass is 9.97. The van der Waals surface area contributed by atoms with Gasteiger partial charge in [-0.15, -0.1) is 16.7 Å². The Bertz CT molecular complexity index is 2010. The van der Waals surface area contributed by atoms with Crippen molar-refractivity contribution < 1.29 is 19.4 Å². The summed E-state index contributed by atoms with van der Waals surface area (Å²) in [7, 11) is 0. The summed E-state index contributed by atoms with van der Waals surface area (Å²) in [5.41, 5.74) is 3.93. The molecule has 0 aliphatic carbocycles. The molecule has 58 heavy (non-hydrogen) atoms. The molecule has 0 bridgehead atoms. The smallest absolute Gasteiger partial charge is 0.338 e. The molecular formula is C44H57Cl3N6O5. The van der Waals surface area contributed by atoms with Crippen molar-refractivity contribution >= 4 is 69.6 Å². The van der Waals surface area contributed by atoms with E-state index < -0.39 is 11.5 Å². The molecule has 4 aromatic rings. The van der Waals surface area contributed by atoms with Crippen LogP contribution in [0.5, 0.6) is 5.75 Å². The predicted molar refractivity (Wildman–Crippen MR) is 235 cm³/mol. The lowest BCUT2D eigenvalue weighted by Crippen LogP contribution is -2.39. The number of nitrogens with zero attached hydrogens (tertiary/aromatic N) is 4. The third kappa shape index (κ3) is 13.9. The second-order valence-corrected chi connectivity index (χ2v) is 16.8. The first-order chi connectivity index (χ1) is 27.8. The molecule has 0 aliphatic rings. The minimum absolute atomic E-state index is 0.00686. The molecule has 14 heteroatoms. The number of rotatable bonds is 23. The number of benzene rings is 3. The van der Waals surface area contributed by atoms with E-state index in [4.69, 9.17) is 39.5 Å². The minimum Gasteiger partial charge on any atom is -0.508 e. The third-order valence-corrected chi connectivity index (χ3v) is 10.5. The lowest BCUT2D eigenvalue weighted by molar-refractivity contribution is -0.121. The highest BCUT2D eigenvalue weighted by Gasteiger charge is 2.26. The summed E-state index contributed by atoms with van der Waals surface area (Å²) in [5.74, 6) is 0.320. The van der Waals surface area contributed by atoms with E-state index in [2.05, 4.69) is 34.6 Å². The fraction of sp³-hybridized carbons (Fsp3) is 0.477. The number of aromatic nitrogens is 2. The monoisotopic (exact) mass is 854 g/mol. The van der Waals surface area contributed by atoms with E-state index in [9.17, 15) is 19.5 Å². The molecular weight excluding hydrogens is 799 g/mol. The van der Waals surface area contributed by atoms with E-state index in [1.54, 1.807) is 43.3 Å². The van der Waals surface area contributed by atoms with E-state index >= 15 is 0 Å². The number of esters is 1. The number of phenols is 1. The predicted octanol–water partition coefficient (Wildman–Crippen LogP) is 12.7. The van der Waals surface area contributed by atoms with Gasteiger partial charge in [0.2, 0.25) is 5.91 Å². The van der Waals surface area contributed by atoms with E-state index in [0.717, 1.165) is 30.4 Å². The minimum atomic E-state index is -0.679. The van der Waals surface area contributed by atoms with Crippen LogP contribution in [0, 0.1) is 11.8 Å². The number of azo groups is 1. The van der Waals surface area contributed by atoms with Crippen LogP contribution in [0.25, 0.3) is 5.69 Å². The van der Waals surface area contributed by atoms with Crippen molar-refractivity contribution in [3.63, 3.8) is 0 Å². The van der Waals surface area contributed by atoms with Crippen molar-refractivity contribution in [3.05, 3.63) is 92.2 Å². The highest BCUT2D eigenvalue weighted by molar-refractivity contribution is 6.38. The number of aromatic hydroxyl groups is 1. The Hall–Kier alpha value is -4.32. The van der Waals surface area contributed by atoms with Gasteiger partial charge in [0, 0.05) is 11.8 Å². The number of H-pyrrole nitrogens is 1. The Morgan fingerprint density at radius 2 is 1.53 bits per heavy atom. The molecule has 4 rings (SSSR count). The third-order valence-electron chi connectivity index (χ3n) is 9.69. The molecule has 0 aliphatic heterocycles. The second kappa shape index (κ2) is 23.3.